The van der Waals surface area contributed by atoms with Crippen molar-refractivity contribution in [2.24, 2.45) is 0 Å². The Kier molecular flexibility index (Phi) is 9.54. The van der Waals surface area contributed by atoms with Crippen LogP contribution in [0.5, 0.6) is 17.2 Å². The second-order valence-corrected chi connectivity index (χ2v) is 11.7. The predicted octanol–water partition coefficient (Wildman–Crippen LogP) is 6.63. The molecule has 0 radical (unpaired) electrons. The van der Waals surface area contributed by atoms with Crippen LogP contribution in [0.4, 0.5) is 5.69 Å². The Morgan fingerprint density at radius 2 is 1.75 bits per heavy atom. The summed E-state index contributed by atoms with van der Waals surface area (Å²) >= 11 is 2.86. The molecular formula is C30H33N3O5S2. The Hall–Kier alpha value is -3.76. The minimum absolute atomic E-state index is 0.00886. The van der Waals surface area contributed by atoms with E-state index in [0.29, 0.717) is 22.7 Å². The Balaban J connectivity index is 1.38. The van der Waals surface area contributed by atoms with Crippen molar-refractivity contribution >= 4 is 50.8 Å². The molecule has 2 amide bonds. The van der Waals surface area contributed by atoms with Gasteiger partial charge in [-0.1, -0.05) is 23.9 Å². The van der Waals surface area contributed by atoms with Crippen LogP contribution in [-0.2, 0) is 4.79 Å². The highest BCUT2D eigenvalue weighted by Gasteiger charge is 2.19. The fourth-order valence-electron chi connectivity index (χ4n) is 4.12. The summed E-state index contributed by atoms with van der Waals surface area (Å²) < 4.78 is 18.3. The maximum atomic E-state index is 13.1. The number of methoxy groups -OCH3 is 2. The summed E-state index contributed by atoms with van der Waals surface area (Å²) in [5, 5.41) is 5.98. The molecule has 10 heteroatoms. The largest absolute Gasteiger partial charge is 0.497 e. The number of anilines is 1. The topological polar surface area (TPSA) is 98.8 Å². The molecule has 40 heavy (non-hydrogen) atoms. The smallest absolute Gasteiger partial charge is 0.259 e. The fourth-order valence-corrected chi connectivity index (χ4v) is 6.04. The third-order valence-corrected chi connectivity index (χ3v) is 8.28. The van der Waals surface area contributed by atoms with Gasteiger partial charge in [-0.15, -0.1) is 11.3 Å². The second-order valence-electron chi connectivity index (χ2n) is 9.40. The minimum atomic E-state index is -0.280. The summed E-state index contributed by atoms with van der Waals surface area (Å²) in [5.74, 6) is 1.83. The number of aromatic nitrogens is 1. The lowest BCUT2D eigenvalue weighted by Gasteiger charge is -2.17. The number of nitrogens with zero attached hydrogens (tertiary/aromatic N) is 1. The summed E-state index contributed by atoms with van der Waals surface area (Å²) in [6, 6.07) is 16.6. The Labute approximate surface area is 242 Å². The number of fused-ring (bicyclic) bond motifs is 1. The average molecular weight is 580 g/mol. The Morgan fingerprint density at radius 3 is 2.42 bits per heavy atom. The van der Waals surface area contributed by atoms with Crippen molar-refractivity contribution in [1.82, 2.24) is 10.3 Å². The van der Waals surface area contributed by atoms with Crippen molar-refractivity contribution in [3.8, 4) is 17.2 Å². The highest BCUT2D eigenvalue weighted by molar-refractivity contribution is 8.01. The van der Waals surface area contributed by atoms with Crippen molar-refractivity contribution in [2.45, 2.75) is 44.2 Å². The average Bonchev–Trinajstić information content (AvgIpc) is 3.35. The number of hydrogen-bond donors (Lipinski definition) is 2. The van der Waals surface area contributed by atoms with Crippen LogP contribution >= 0.6 is 23.1 Å². The third kappa shape index (κ3) is 7.05. The molecule has 8 nitrogen and oxygen atoms in total. The van der Waals surface area contributed by atoms with E-state index in [0.717, 1.165) is 31.4 Å². The van der Waals surface area contributed by atoms with Gasteiger partial charge in [-0.25, -0.2) is 4.98 Å². The van der Waals surface area contributed by atoms with E-state index < -0.39 is 0 Å². The maximum Gasteiger partial charge on any atom is 0.259 e. The number of thiazole rings is 1. The van der Waals surface area contributed by atoms with Crippen molar-refractivity contribution in [1.29, 1.82) is 0 Å². The lowest BCUT2D eigenvalue weighted by atomic mass is 10.1. The number of nitrogens with one attached hydrogen (secondary N) is 2. The van der Waals surface area contributed by atoms with Crippen LogP contribution in [0.15, 0.2) is 58.9 Å². The molecule has 0 saturated heterocycles. The van der Waals surface area contributed by atoms with E-state index in [9.17, 15) is 9.59 Å². The van der Waals surface area contributed by atoms with E-state index >= 15 is 0 Å². The van der Waals surface area contributed by atoms with Crippen LogP contribution in [0.2, 0.25) is 0 Å². The van der Waals surface area contributed by atoms with Crippen LogP contribution < -0.4 is 24.8 Å². The van der Waals surface area contributed by atoms with Gasteiger partial charge in [0, 0.05) is 11.3 Å². The van der Waals surface area contributed by atoms with Crippen molar-refractivity contribution in [3.63, 3.8) is 0 Å². The lowest BCUT2D eigenvalue weighted by molar-refractivity contribution is -0.119. The number of thioether (sulfide) groups is 1. The van der Waals surface area contributed by atoms with E-state index in [4.69, 9.17) is 14.2 Å². The quantitative estimate of drug-likeness (QED) is 0.192. The lowest BCUT2D eigenvalue weighted by Crippen LogP contribution is -2.28. The molecule has 4 aromatic rings. The molecule has 3 aromatic carbocycles. The molecular weight excluding hydrogens is 546 g/mol. The van der Waals surface area contributed by atoms with Crippen LogP contribution in [0, 0.1) is 6.92 Å². The number of benzene rings is 3. The molecule has 0 fully saturated rings. The normalized spacial score (nSPS) is 11.8. The molecule has 1 unspecified atom stereocenters. The number of amides is 2. The number of carbonyl (C=O) groups is 2. The molecule has 0 aliphatic rings. The first-order chi connectivity index (χ1) is 19.2. The summed E-state index contributed by atoms with van der Waals surface area (Å²) in [4.78, 5) is 30.3. The summed E-state index contributed by atoms with van der Waals surface area (Å²) in [6.45, 7) is 7.72. The molecule has 0 saturated carbocycles. The zero-order chi connectivity index (χ0) is 28.8. The van der Waals surface area contributed by atoms with Gasteiger partial charge in [-0.3, -0.25) is 9.59 Å². The summed E-state index contributed by atoms with van der Waals surface area (Å²) in [7, 11) is 3.17. The molecule has 1 atom stereocenters. The first-order valence-electron chi connectivity index (χ1n) is 12.8. The maximum absolute atomic E-state index is 13.1. The van der Waals surface area contributed by atoms with Crippen molar-refractivity contribution < 1.29 is 23.8 Å². The summed E-state index contributed by atoms with van der Waals surface area (Å²) in [6.07, 6.45) is 0.00886. The molecule has 4 rings (SSSR count). The Morgan fingerprint density at radius 1 is 1.00 bits per heavy atom. The Bertz CT molecular complexity index is 1500. The third-order valence-electron chi connectivity index (χ3n) is 6.11. The zero-order valence-electron chi connectivity index (χ0n) is 23.4. The monoisotopic (exact) mass is 579 g/mol. The van der Waals surface area contributed by atoms with E-state index in [1.165, 1.54) is 23.1 Å². The molecule has 0 bridgehead atoms. The van der Waals surface area contributed by atoms with Gasteiger partial charge in [-0.05, 0) is 75.7 Å². The fraction of sp³-hybridized carbons (Fsp3) is 0.300. The van der Waals surface area contributed by atoms with E-state index in [1.54, 1.807) is 26.4 Å². The SMILES string of the molecule is COc1ccc(C(C)NC(=O)CSc2nc3ccc(NC(=O)c4ccc(OC(C)C)c(C)c4OC)cc3s2)cc1. The van der Waals surface area contributed by atoms with E-state index in [1.807, 2.05) is 70.2 Å². The molecule has 1 aromatic heterocycles. The van der Waals surface area contributed by atoms with Crippen molar-refractivity contribution in [2.75, 3.05) is 25.3 Å². The molecule has 2 N–H and O–H groups in total. The standard InChI is InChI=1S/C30H33N3O5S2/c1-17(2)38-25-14-12-23(28(37-6)18(25)3)29(35)32-21-9-13-24-26(15-21)40-30(33-24)39-16-27(34)31-19(4)20-7-10-22(36-5)11-8-20/h7-15,17,19H,16H2,1-6H3,(H,31,34)(H,32,35). The number of carbonyl (C=O) groups excluding carboxylic acids is 2. The zero-order valence-corrected chi connectivity index (χ0v) is 25.0. The molecule has 0 aliphatic heterocycles. The molecule has 0 aliphatic carbocycles. The van der Waals surface area contributed by atoms with Crippen LogP contribution in [0.1, 0.15) is 48.3 Å². The molecule has 0 spiro atoms. The van der Waals surface area contributed by atoms with Gasteiger partial charge in [0.2, 0.25) is 5.91 Å². The van der Waals surface area contributed by atoms with E-state index in [2.05, 4.69) is 15.6 Å². The van der Waals surface area contributed by atoms with Gasteiger partial charge in [0.15, 0.2) is 4.34 Å². The van der Waals surface area contributed by atoms with Gasteiger partial charge in [0.25, 0.3) is 5.91 Å². The predicted molar refractivity (Wildman–Crippen MR) is 161 cm³/mol. The van der Waals surface area contributed by atoms with E-state index in [-0.39, 0.29) is 29.7 Å². The van der Waals surface area contributed by atoms with Gasteiger partial charge in [0.1, 0.15) is 17.2 Å². The number of ether oxygens (including phenoxy) is 3. The first-order valence-corrected chi connectivity index (χ1v) is 14.6. The molecule has 210 valence electrons. The highest BCUT2D eigenvalue weighted by Crippen LogP contribution is 2.34. The number of rotatable bonds is 11. The minimum Gasteiger partial charge on any atom is -0.497 e. The van der Waals surface area contributed by atoms with Gasteiger partial charge in [0.05, 0.1) is 47.9 Å². The highest BCUT2D eigenvalue weighted by atomic mass is 32.2. The van der Waals surface area contributed by atoms with Gasteiger partial charge >= 0.3 is 0 Å². The summed E-state index contributed by atoms with van der Waals surface area (Å²) in [5.41, 5.74) is 3.64. The molecule has 1 heterocycles. The van der Waals surface area contributed by atoms with Gasteiger partial charge in [-0.2, -0.15) is 0 Å². The number of hydrogen-bond acceptors (Lipinski definition) is 8. The van der Waals surface area contributed by atoms with Gasteiger partial charge < -0.3 is 24.8 Å². The van der Waals surface area contributed by atoms with Crippen LogP contribution in [0.25, 0.3) is 10.2 Å². The second kappa shape index (κ2) is 13.1. The van der Waals surface area contributed by atoms with Crippen molar-refractivity contribution in [3.05, 3.63) is 71.3 Å². The van der Waals surface area contributed by atoms with Crippen LogP contribution in [-0.4, -0.2) is 42.9 Å². The first kappa shape index (κ1) is 29.2. The van der Waals surface area contributed by atoms with Crippen LogP contribution in [0.3, 0.4) is 0 Å².